The Morgan fingerprint density at radius 3 is 2.35 bits per heavy atom. The average Bonchev–Trinajstić information content (AvgIpc) is 2.49. The van der Waals surface area contributed by atoms with Crippen LogP contribution in [-0.2, 0) is 10.0 Å². The molecule has 23 heavy (non-hydrogen) atoms. The summed E-state index contributed by atoms with van der Waals surface area (Å²) in [5.74, 6) is -1.08. The van der Waals surface area contributed by atoms with E-state index >= 15 is 0 Å². The van der Waals surface area contributed by atoms with Crippen LogP contribution in [0.15, 0.2) is 23.1 Å². The molecule has 0 fully saturated rings. The van der Waals surface area contributed by atoms with Gasteiger partial charge in [0.1, 0.15) is 0 Å². The first-order valence-electron chi connectivity index (χ1n) is 7.90. The van der Waals surface area contributed by atoms with E-state index in [2.05, 4.69) is 19.2 Å². The van der Waals surface area contributed by atoms with Gasteiger partial charge in [0.25, 0.3) is 0 Å². The molecule has 0 saturated heterocycles. The lowest BCUT2D eigenvalue weighted by atomic mass is 9.96. The molecule has 2 unspecified atom stereocenters. The van der Waals surface area contributed by atoms with Crippen molar-refractivity contribution in [3.63, 3.8) is 0 Å². The minimum Gasteiger partial charge on any atom is -0.478 e. The first-order valence-corrected chi connectivity index (χ1v) is 9.45. The molecule has 0 spiro atoms. The van der Waals surface area contributed by atoms with E-state index in [0.717, 1.165) is 19.3 Å². The first kappa shape index (κ1) is 19.6. The molecule has 0 bridgehead atoms. The number of aromatic carboxylic acids is 1. The number of sulfonamides is 1. The summed E-state index contributed by atoms with van der Waals surface area (Å²) in [5.41, 5.74) is 0.559. The Morgan fingerprint density at radius 1 is 1.26 bits per heavy atom. The lowest BCUT2D eigenvalue weighted by Gasteiger charge is -2.26. The van der Waals surface area contributed by atoms with Crippen LogP contribution in [0.4, 0.5) is 0 Å². The molecule has 130 valence electrons. The fourth-order valence-corrected chi connectivity index (χ4v) is 3.22. The van der Waals surface area contributed by atoms with Crippen LogP contribution < -0.4 is 10.5 Å². The van der Waals surface area contributed by atoms with Crippen molar-refractivity contribution in [2.24, 2.45) is 5.14 Å². The highest BCUT2D eigenvalue weighted by Gasteiger charge is 2.22. The normalized spacial score (nSPS) is 14.4. The summed E-state index contributed by atoms with van der Waals surface area (Å²) >= 11 is 0. The highest BCUT2D eigenvalue weighted by Crippen LogP contribution is 2.25. The third kappa shape index (κ3) is 5.30. The summed E-state index contributed by atoms with van der Waals surface area (Å²) in [6, 6.07) is 3.93. The largest absolute Gasteiger partial charge is 0.478 e. The van der Waals surface area contributed by atoms with Crippen molar-refractivity contribution in [3.05, 3.63) is 29.3 Å². The molecular formula is C16H26N2O4S. The highest BCUT2D eigenvalue weighted by atomic mass is 32.2. The smallest absolute Gasteiger partial charge is 0.336 e. The molecule has 0 aliphatic heterocycles. The Hall–Kier alpha value is -1.44. The quantitative estimate of drug-likeness (QED) is 0.639. The van der Waals surface area contributed by atoms with Gasteiger partial charge in [0.05, 0.1) is 10.5 Å². The number of nitrogens with one attached hydrogen (secondary N) is 1. The van der Waals surface area contributed by atoms with Crippen molar-refractivity contribution in [2.45, 2.75) is 63.4 Å². The van der Waals surface area contributed by atoms with E-state index in [0.29, 0.717) is 12.0 Å². The standard InChI is InChI=1S/C16H26N2O4S/c1-4-7-11(5-2)18-15(6-3)14-10-12(23(17,21)22)8-9-13(14)16(19)20/h8-11,15,18H,4-7H2,1-3H3,(H,19,20)(H2,17,21,22). The van der Waals surface area contributed by atoms with Gasteiger partial charge in [-0.1, -0.05) is 27.2 Å². The van der Waals surface area contributed by atoms with Crippen LogP contribution in [0.3, 0.4) is 0 Å². The number of benzene rings is 1. The van der Waals surface area contributed by atoms with Crippen molar-refractivity contribution >= 4 is 16.0 Å². The van der Waals surface area contributed by atoms with E-state index in [1.165, 1.54) is 18.2 Å². The van der Waals surface area contributed by atoms with Crippen molar-refractivity contribution in [1.82, 2.24) is 5.32 Å². The van der Waals surface area contributed by atoms with E-state index < -0.39 is 16.0 Å². The average molecular weight is 342 g/mol. The van der Waals surface area contributed by atoms with Gasteiger partial charge in [-0.3, -0.25) is 0 Å². The van der Waals surface area contributed by atoms with Crippen molar-refractivity contribution in [2.75, 3.05) is 0 Å². The molecule has 1 aromatic carbocycles. The van der Waals surface area contributed by atoms with E-state index in [1.54, 1.807) is 0 Å². The van der Waals surface area contributed by atoms with Crippen LogP contribution in [0.5, 0.6) is 0 Å². The van der Waals surface area contributed by atoms with Crippen molar-refractivity contribution < 1.29 is 18.3 Å². The fourth-order valence-electron chi connectivity index (χ4n) is 2.67. The van der Waals surface area contributed by atoms with Crippen LogP contribution in [0, 0.1) is 0 Å². The summed E-state index contributed by atoms with van der Waals surface area (Å²) in [5, 5.41) is 18.0. The fraction of sp³-hybridized carbons (Fsp3) is 0.562. The summed E-state index contributed by atoms with van der Waals surface area (Å²) < 4.78 is 23.1. The van der Waals surface area contributed by atoms with Gasteiger partial charge >= 0.3 is 5.97 Å². The molecule has 6 nitrogen and oxygen atoms in total. The number of hydrogen-bond acceptors (Lipinski definition) is 4. The van der Waals surface area contributed by atoms with Gasteiger partial charge in [-0.05, 0) is 43.0 Å². The first-order chi connectivity index (χ1) is 10.7. The molecule has 0 aliphatic rings. The van der Waals surface area contributed by atoms with Crippen LogP contribution in [0.2, 0.25) is 0 Å². The van der Waals surface area contributed by atoms with Crippen LogP contribution in [0.1, 0.15) is 68.4 Å². The number of hydrogen-bond donors (Lipinski definition) is 3. The molecule has 1 rings (SSSR count). The number of rotatable bonds is 9. The minimum absolute atomic E-state index is 0.0683. The zero-order chi connectivity index (χ0) is 17.6. The van der Waals surface area contributed by atoms with E-state index in [4.69, 9.17) is 5.14 Å². The maximum absolute atomic E-state index is 11.6. The predicted octanol–water partition coefficient (Wildman–Crippen LogP) is 2.65. The minimum atomic E-state index is -3.87. The van der Waals surface area contributed by atoms with E-state index in [9.17, 15) is 18.3 Å². The summed E-state index contributed by atoms with van der Waals surface area (Å²) in [4.78, 5) is 11.4. The Balaban J connectivity index is 3.30. The highest BCUT2D eigenvalue weighted by molar-refractivity contribution is 7.89. The van der Waals surface area contributed by atoms with Gasteiger partial charge in [-0.15, -0.1) is 0 Å². The van der Waals surface area contributed by atoms with Gasteiger partial charge in [-0.2, -0.15) is 0 Å². The zero-order valence-corrected chi connectivity index (χ0v) is 14.7. The number of carboxylic acids is 1. The SMILES string of the molecule is CCCC(CC)NC(CC)c1cc(S(N)(=O)=O)ccc1C(=O)O. The Morgan fingerprint density at radius 2 is 1.91 bits per heavy atom. The van der Waals surface area contributed by atoms with E-state index in [1.807, 2.05) is 6.92 Å². The molecule has 0 aliphatic carbocycles. The van der Waals surface area contributed by atoms with Crippen molar-refractivity contribution in [1.29, 1.82) is 0 Å². The second-order valence-corrected chi connectivity index (χ2v) is 7.18. The molecule has 0 heterocycles. The maximum Gasteiger partial charge on any atom is 0.336 e. The van der Waals surface area contributed by atoms with Crippen molar-refractivity contribution in [3.8, 4) is 0 Å². The number of nitrogens with two attached hydrogens (primary N) is 1. The summed E-state index contributed by atoms with van der Waals surface area (Å²) in [6.45, 7) is 6.10. The Labute approximate surface area is 138 Å². The van der Waals surface area contributed by atoms with Crippen LogP contribution in [0.25, 0.3) is 0 Å². The van der Waals surface area contributed by atoms with Gasteiger partial charge in [0.15, 0.2) is 0 Å². The van der Waals surface area contributed by atoms with Gasteiger partial charge < -0.3 is 10.4 Å². The van der Waals surface area contributed by atoms with Gasteiger partial charge in [-0.25, -0.2) is 18.4 Å². The molecule has 0 aromatic heterocycles. The molecule has 4 N–H and O–H groups in total. The number of carbonyl (C=O) groups is 1. The second kappa shape index (κ2) is 8.42. The topological polar surface area (TPSA) is 109 Å². The summed E-state index contributed by atoms with van der Waals surface area (Å²) in [7, 11) is -3.87. The lowest BCUT2D eigenvalue weighted by Crippen LogP contribution is -2.33. The molecule has 0 amide bonds. The zero-order valence-electron chi connectivity index (χ0n) is 13.9. The number of carboxylic acid groups (broad SMARTS) is 1. The molecule has 0 saturated carbocycles. The third-order valence-corrected chi connectivity index (χ3v) is 4.84. The number of primary sulfonamides is 1. The molecule has 1 aromatic rings. The third-order valence-electron chi connectivity index (χ3n) is 3.93. The maximum atomic E-state index is 11.6. The Kier molecular flexibility index (Phi) is 7.18. The lowest BCUT2D eigenvalue weighted by molar-refractivity contribution is 0.0694. The van der Waals surface area contributed by atoms with Gasteiger partial charge in [0.2, 0.25) is 10.0 Å². The molecule has 7 heteroatoms. The van der Waals surface area contributed by atoms with E-state index in [-0.39, 0.29) is 22.5 Å². The second-order valence-electron chi connectivity index (χ2n) is 5.62. The Bertz CT molecular complexity index is 643. The molecule has 2 atom stereocenters. The van der Waals surface area contributed by atoms with Crippen LogP contribution >= 0.6 is 0 Å². The predicted molar refractivity (Wildman–Crippen MR) is 89.9 cm³/mol. The summed E-state index contributed by atoms with van der Waals surface area (Å²) in [6.07, 6.45) is 3.56. The molecular weight excluding hydrogens is 316 g/mol. The molecule has 0 radical (unpaired) electrons. The van der Waals surface area contributed by atoms with Crippen LogP contribution in [-0.4, -0.2) is 25.5 Å². The van der Waals surface area contributed by atoms with Gasteiger partial charge in [0, 0.05) is 12.1 Å². The monoisotopic (exact) mass is 342 g/mol.